The highest BCUT2D eigenvalue weighted by Gasteiger charge is 2.02. The molecular weight excluding hydrogens is 246 g/mol. The van der Waals surface area contributed by atoms with Gasteiger partial charge in [0.25, 0.3) is 0 Å². The maximum absolute atomic E-state index is 11.6. The van der Waals surface area contributed by atoms with Crippen molar-refractivity contribution in [3.05, 3.63) is 35.4 Å². The normalized spacial score (nSPS) is 10.2. The van der Waals surface area contributed by atoms with E-state index in [1.165, 1.54) is 0 Å². The van der Waals surface area contributed by atoms with Gasteiger partial charge < -0.3 is 15.2 Å². The average Bonchev–Trinajstić information content (AvgIpc) is 2.36. The summed E-state index contributed by atoms with van der Waals surface area (Å²) in [7, 11) is 0. The lowest BCUT2D eigenvalue weighted by Crippen LogP contribution is -2.28. The van der Waals surface area contributed by atoms with Gasteiger partial charge in [0.15, 0.2) is 0 Å². The predicted molar refractivity (Wildman–Crippen MR) is 71.0 cm³/mol. The maximum Gasteiger partial charge on any atom is 0.305 e. The minimum Gasteiger partial charge on any atom is -0.481 e. The van der Waals surface area contributed by atoms with Crippen LogP contribution in [0.2, 0.25) is 0 Å². The van der Waals surface area contributed by atoms with E-state index in [0.717, 1.165) is 11.1 Å². The van der Waals surface area contributed by atoms with Crippen LogP contribution in [-0.4, -0.2) is 36.7 Å². The number of nitrogens with one attached hydrogen (secondary N) is 1. The number of amides is 1. The number of carbonyl (C=O) groups is 2. The number of carboxylic acid groups (broad SMARTS) is 1. The molecule has 0 fully saturated rings. The molecule has 0 unspecified atom stereocenters. The molecule has 0 aromatic heterocycles. The SMILES string of the molecule is Cc1ccc(CC(=O)NCCOCCC(=O)O)cc1. The molecule has 1 rings (SSSR count). The van der Waals surface area contributed by atoms with Crippen LogP contribution in [0.1, 0.15) is 17.5 Å². The third-order valence-electron chi connectivity index (χ3n) is 2.51. The molecule has 0 radical (unpaired) electrons. The number of carboxylic acids is 1. The summed E-state index contributed by atoms with van der Waals surface area (Å²) in [5.41, 5.74) is 2.13. The van der Waals surface area contributed by atoms with Crippen LogP contribution in [0.5, 0.6) is 0 Å². The minimum absolute atomic E-state index is 0.0166. The molecule has 0 aliphatic heterocycles. The van der Waals surface area contributed by atoms with E-state index in [-0.39, 0.29) is 18.9 Å². The molecule has 0 aliphatic rings. The van der Waals surface area contributed by atoms with Crippen LogP contribution >= 0.6 is 0 Å². The van der Waals surface area contributed by atoms with Crippen LogP contribution in [0, 0.1) is 6.92 Å². The van der Waals surface area contributed by atoms with E-state index >= 15 is 0 Å². The molecule has 5 nitrogen and oxygen atoms in total. The van der Waals surface area contributed by atoms with Gasteiger partial charge in [-0.2, -0.15) is 0 Å². The molecule has 0 heterocycles. The molecule has 0 saturated carbocycles. The first-order valence-corrected chi connectivity index (χ1v) is 6.19. The number of carbonyl (C=O) groups excluding carboxylic acids is 1. The highest BCUT2D eigenvalue weighted by atomic mass is 16.5. The molecule has 104 valence electrons. The summed E-state index contributed by atoms with van der Waals surface area (Å²) in [5, 5.41) is 11.1. The first kappa shape index (κ1) is 15.2. The van der Waals surface area contributed by atoms with Gasteiger partial charge in [0.1, 0.15) is 0 Å². The van der Waals surface area contributed by atoms with Crippen molar-refractivity contribution >= 4 is 11.9 Å². The quantitative estimate of drug-likeness (QED) is 0.691. The summed E-state index contributed by atoms with van der Waals surface area (Å²) in [6, 6.07) is 7.80. The Morgan fingerprint density at radius 2 is 1.89 bits per heavy atom. The van der Waals surface area contributed by atoms with Crippen molar-refractivity contribution < 1.29 is 19.4 Å². The molecule has 0 saturated heterocycles. The van der Waals surface area contributed by atoms with E-state index in [0.29, 0.717) is 19.6 Å². The highest BCUT2D eigenvalue weighted by Crippen LogP contribution is 2.03. The molecule has 5 heteroatoms. The fourth-order valence-corrected chi connectivity index (χ4v) is 1.48. The van der Waals surface area contributed by atoms with E-state index in [4.69, 9.17) is 9.84 Å². The summed E-state index contributed by atoms with van der Waals surface area (Å²) in [6.45, 7) is 2.89. The minimum atomic E-state index is -0.886. The van der Waals surface area contributed by atoms with E-state index in [9.17, 15) is 9.59 Å². The van der Waals surface area contributed by atoms with Crippen molar-refractivity contribution in [3.63, 3.8) is 0 Å². The molecule has 1 aromatic rings. The topological polar surface area (TPSA) is 75.6 Å². The second-order valence-electron chi connectivity index (χ2n) is 4.27. The van der Waals surface area contributed by atoms with Crippen LogP contribution in [0.15, 0.2) is 24.3 Å². The van der Waals surface area contributed by atoms with Gasteiger partial charge in [-0.05, 0) is 12.5 Å². The zero-order chi connectivity index (χ0) is 14.1. The maximum atomic E-state index is 11.6. The Bertz CT molecular complexity index is 414. The lowest BCUT2D eigenvalue weighted by atomic mass is 10.1. The zero-order valence-corrected chi connectivity index (χ0v) is 11.0. The lowest BCUT2D eigenvalue weighted by Gasteiger charge is -2.06. The Morgan fingerprint density at radius 1 is 1.21 bits per heavy atom. The number of hydrogen-bond donors (Lipinski definition) is 2. The number of aryl methyl sites for hydroxylation is 1. The summed E-state index contributed by atoms with van der Waals surface area (Å²) >= 11 is 0. The van der Waals surface area contributed by atoms with Crippen molar-refractivity contribution in [1.82, 2.24) is 5.32 Å². The van der Waals surface area contributed by atoms with Crippen LogP contribution in [0.25, 0.3) is 0 Å². The summed E-state index contributed by atoms with van der Waals surface area (Å²) in [6.07, 6.45) is 0.326. The fourth-order valence-electron chi connectivity index (χ4n) is 1.48. The van der Waals surface area contributed by atoms with Crippen LogP contribution in [0.3, 0.4) is 0 Å². The second-order valence-corrected chi connectivity index (χ2v) is 4.27. The lowest BCUT2D eigenvalue weighted by molar-refractivity contribution is -0.138. The van der Waals surface area contributed by atoms with Gasteiger partial charge in [-0.1, -0.05) is 29.8 Å². The van der Waals surface area contributed by atoms with E-state index in [1.54, 1.807) is 0 Å². The van der Waals surface area contributed by atoms with Crippen molar-refractivity contribution in [2.24, 2.45) is 0 Å². The summed E-state index contributed by atoms with van der Waals surface area (Å²) in [5.74, 6) is -0.950. The summed E-state index contributed by atoms with van der Waals surface area (Å²) in [4.78, 5) is 21.8. The number of benzene rings is 1. The molecule has 0 spiro atoms. The number of ether oxygens (including phenoxy) is 1. The van der Waals surface area contributed by atoms with E-state index in [2.05, 4.69) is 5.32 Å². The zero-order valence-electron chi connectivity index (χ0n) is 11.0. The largest absolute Gasteiger partial charge is 0.481 e. The van der Waals surface area contributed by atoms with Crippen molar-refractivity contribution in [3.8, 4) is 0 Å². The molecule has 0 aliphatic carbocycles. The summed E-state index contributed by atoms with van der Waals surface area (Å²) < 4.78 is 5.07. The van der Waals surface area contributed by atoms with E-state index in [1.807, 2.05) is 31.2 Å². The van der Waals surface area contributed by atoms with Gasteiger partial charge in [-0.25, -0.2) is 0 Å². The highest BCUT2D eigenvalue weighted by molar-refractivity contribution is 5.78. The second kappa shape index (κ2) is 8.26. The van der Waals surface area contributed by atoms with Crippen molar-refractivity contribution in [2.75, 3.05) is 19.8 Å². The standard InChI is InChI=1S/C14H19NO4/c1-11-2-4-12(5-3-11)10-13(16)15-7-9-19-8-6-14(17)18/h2-5H,6-10H2,1H3,(H,15,16)(H,17,18). The Hall–Kier alpha value is -1.88. The number of hydrogen-bond acceptors (Lipinski definition) is 3. The Morgan fingerprint density at radius 3 is 2.53 bits per heavy atom. The smallest absolute Gasteiger partial charge is 0.305 e. The molecule has 19 heavy (non-hydrogen) atoms. The Balaban J connectivity index is 2.11. The predicted octanol–water partition coefficient (Wildman–Crippen LogP) is 1.15. The first-order chi connectivity index (χ1) is 9.08. The third kappa shape index (κ3) is 7.21. The van der Waals surface area contributed by atoms with Gasteiger partial charge in [0, 0.05) is 6.54 Å². The average molecular weight is 265 g/mol. The molecular formula is C14H19NO4. The first-order valence-electron chi connectivity index (χ1n) is 6.19. The van der Waals surface area contributed by atoms with Gasteiger partial charge in [-0.15, -0.1) is 0 Å². The fraction of sp³-hybridized carbons (Fsp3) is 0.429. The van der Waals surface area contributed by atoms with Gasteiger partial charge >= 0.3 is 5.97 Å². The molecule has 2 N–H and O–H groups in total. The Labute approximate surface area is 112 Å². The Kier molecular flexibility index (Phi) is 6.60. The van der Waals surface area contributed by atoms with Crippen LogP contribution in [-0.2, 0) is 20.7 Å². The van der Waals surface area contributed by atoms with Crippen molar-refractivity contribution in [2.45, 2.75) is 19.8 Å². The van der Waals surface area contributed by atoms with Gasteiger partial charge in [0.2, 0.25) is 5.91 Å². The molecule has 1 amide bonds. The van der Waals surface area contributed by atoms with E-state index < -0.39 is 5.97 Å². The third-order valence-corrected chi connectivity index (χ3v) is 2.51. The monoisotopic (exact) mass is 265 g/mol. The number of aliphatic carboxylic acids is 1. The molecule has 0 bridgehead atoms. The van der Waals surface area contributed by atoms with Gasteiger partial charge in [0.05, 0.1) is 26.1 Å². The van der Waals surface area contributed by atoms with Crippen molar-refractivity contribution in [1.29, 1.82) is 0 Å². The van der Waals surface area contributed by atoms with Crippen LogP contribution in [0.4, 0.5) is 0 Å². The number of rotatable bonds is 8. The molecule has 0 atom stereocenters. The molecule has 1 aromatic carbocycles. The van der Waals surface area contributed by atoms with Gasteiger partial charge in [-0.3, -0.25) is 9.59 Å². The van der Waals surface area contributed by atoms with Crippen LogP contribution < -0.4 is 5.32 Å².